The van der Waals surface area contributed by atoms with Crippen molar-refractivity contribution in [3.63, 3.8) is 0 Å². The van der Waals surface area contributed by atoms with Gasteiger partial charge in [-0.25, -0.2) is 0 Å². The highest BCUT2D eigenvalue weighted by Gasteiger charge is 2.27. The summed E-state index contributed by atoms with van der Waals surface area (Å²) in [7, 11) is 3.40. The third-order valence-electron chi connectivity index (χ3n) is 4.96. The predicted octanol–water partition coefficient (Wildman–Crippen LogP) is 2.23. The van der Waals surface area contributed by atoms with Crippen LogP contribution in [-0.4, -0.2) is 64.7 Å². The lowest BCUT2D eigenvalue weighted by atomic mass is 10.1. The summed E-state index contributed by atoms with van der Waals surface area (Å²) in [5.74, 6) is 1.17. The molecule has 2 amide bonds. The first kappa shape index (κ1) is 19.9. The highest BCUT2D eigenvalue weighted by molar-refractivity contribution is 5.95. The van der Waals surface area contributed by atoms with Gasteiger partial charge in [-0.2, -0.15) is 5.10 Å². The Hall–Kier alpha value is -2.83. The van der Waals surface area contributed by atoms with Gasteiger partial charge in [0.05, 0.1) is 12.8 Å². The van der Waals surface area contributed by atoms with E-state index in [1.165, 1.54) is 0 Å². The monoisotopic (exact) mass is 384 g/mol. The summed E-state index contributed by atoms with van der Waals surface area (Å²) in [6, 6.07) is 8.99. The van der Waals surface area contributed by atoms with E-state index in [2.05, 4.69) is 18.9 Å². The number of amides is 2. The van der Waals surface area contributed by atoms with Crippen molar-refractivity contribution in [2.75, 3.05) is 33.3 Å². The topological polar surface area (TPSA) is 67.7 Å². The minimum Gasteiger partial charge on any atom is -0.497 e. The third kappa shape index (κ3) is 4.35. The van der Waals surface area contributed by atoms with Crippen molar-refractivity contribution in [3.05, 3.63) is 47.3 Å². The van der Waals surface area contributed by atoms with Crippen LogP contribution in [0.3, 0.4) is 0 Å². The minimum absolute atomic E-state index is 0.0190. The fourth-order valence-corrected chi connectivity index (χ4v) is 3.44. The Morgan fingerprint density at radius 1 is 1.04 bits per heavy atom. The van der Waals surface area contributed by atoms with Gasteiger partial charge in [0.2, 0.25) is 0 Å². The van der Waals surface area contributed by atoms with Crippen LogP contribution in [-0.2, 0) is 13.5 Å². The van der Waals surface area contributed by atoms with E-state index in [0.29, 0.717) is 43.4 Å². The first-order valence-electron chi connectivity index (χ1n) is 9.64. The first-order valence-corrected chi connectivity index (χ1v) is 9.64. The molecule has 1 saturated heterocycles. The minimum atomic E-state index is -0.0263. The van der Waals surface area contributed by atoms with Crippen molar-refractivity contribution in [2.24, 2.45) is 13.0 Å². The van der Waals surface area contributed by atoms with E-state index >= 15 is 0 Å². The maximum absolute atomic E-state index is 12.9. The number of piperazine rings is 1. The SMILES string of the molecule is COc1ccc(C(=O)N2CCN(C(=O)c3cc(CC(C)C)nn3C)CC2)cc1. The summed E-state index contributed by atoms with van der Waals surface area (Å²) < 4.78 is 6.79. The molecular weight excluding hydrogens is 356 g/mol. The predicted molar refractivity (Wildman–Crippen MR) is 107 cm³/mol. The number of ether oxygens (including phenoxy) is 1. The van der Waals surface area contributed by atoms with Gasteiger partial charge >= 0.3 is 0 Å². The number of aromatic nitrogens is 2. The van der Waals surface area contributed by atoms with Crippen molar-refractivity contribution < 1.29 is 14.3 Å². The maximum Gasteiger partial charge on any atom is 0.272 e. The summed E-state index contributed by atoms with van der Waals surface area (Å²) >= 11 is 0. The van der Waals surface area contributed by atoms with Crippen molar-refractivity contribution in [3.8, 4) is 5.75 Å². The molecule has 1 aromatic heterocycles. The zero-order chi connectivity index (χ0) is 20.3. The van der Waals surface area contributed by atoms with E-state index < -0.39 is 0 Å². The molecule has 0 bridgehead atoms. The van der Waals surface area contributed by atoms with Gasteiger partial charge in [-0.05, 0) is 42.7 Å². The number of hydrogen-bond acceptors (Lipinski definition) is 4. The highest BCUT2D eigenvalue weighted by atomic mass is 16.5. The molecule has 0 radical (unpaired) electrons. The van der Waals surface area contributed by atoms with E-state index in [4.69, 9.17) is 4.74 Å². The summed E-state index contributed by atoms with van der Waals surface area (Å²) in [5, 5.41) is 4.46. The lowest BCUT2D eigenvalue weighted by Gasteiger charge is -2.34. The first-order chi connectivity index (χ1) is 13.4. The number of methoxy groups -OCH3 is 1. The molecule has 0 N–H and O–H groups in total. The van der Waals surface area contributed by atoms with Gasteiger partial charge < -0.3 is 14.5 Å². The van der Waals surface area contributed by atoms with E-state index in [9.17, 15) is 9.59 Å². The van der Waals surface area contributed by atoms with E-state index in [-0.39, 0.29) is 11.8 Å². The second kappa shape index (κ2) is 8.46. The van der Waals surface area contributed by atoms with Gasteiger partial charge in [-0.15, -0.1) is 0 Å². The molecule has 150 valence electrons. The third-order valence-corrected chi connectivity index (χ3v) is 4.96. The fraction of sp³-hybridized carbons (Fsp3) is 0.476. The number of hydrogen-bond donors (Lipinski definition) is 0. The average Bonchev–Trinajstić information content (AvgIpc) is 3.06. The Kier molecular flexibility index (Phi) is 6.02. The second-order valence-electron chi connectivity index (χ2n) is 7.56. The van der Waals surface area contributed by atoms with Crippen molar-refractivity contribution in [1.82, 2.24) is 19.6 Å². The molecule has 7 nitrogen and oxygen atoms in total. The molecule has 0 unspecified atom stereocenters. The number of nitrogens with zero attached hydrogens (tertiary/aromatic N) is 4. The van der Waals surface area contributed by atoms with Gasteiger partial charge in [0.15, 0.2) is 0 Å². The Labute approximate surface area is 165 Å². The van der Waals surface area contributed by atoms with Crippen LogP contribution in [0, 0.1) is 5.92 Å². The Morgan fingerprint density at radius 2 is 1.61 bits per heavy atom. The largest absolute Gasteiger partial charge is 0.497 e. The fourth-order valence-electron chi connectivity index (χ4n) is 3.44. The van der Waals surface area contributed by atoms with Crippen LogP contribution < -0.4 is 4.74 Å². The molecule has 1 aliphatic heterocycles. The van der Waals surface area contributed by atoms with E-state index in [1.54, 1.807) is 52.9 Å². The molecule has 0 spiro atoms. The van der Waals surface area contributed by atoms with Crippen molar-refractivity contribution in [2.45, 2.75) is 20.3 Å². The van der Waals surface area contributed by atoms with E-state index in [1.807, 2.05) is 6.07 Å². The van der Waals surface area contributed by atoms with Gasteiger partial charge in [0.25, 0.3) is 11.8 Å². The van der Waals surface area contributed by atoms with Gasteiger partial charge in [0.1, 0.15) is 11.4 Å². The molecule has 0 saturated carbocycles. The molecule has 28 heavy (non-hydrogen) atoms. The number of benzene rings is 1. The van der Waals surface area contributed by atoms with Gasteiger partial charge in [-0.3, -0.25) is 14.3 Å². The molecule has 0 atom stereocenters. The van der Waals surface area contributed by atoms with Crippen LogP contribution in [0.25, 0.3) is 0 Å². The molecule has 1 fully saturated rings. The van der Waals surface area contributed by atoms with Crippen LogP contribution >= 0.6 is 0 Å². The average molecular weight is 384 g/mol. The molecule has 7 heteroatoms. The van der Waals surface area contributed by atoms with Gasteiger partial charge in [0, 0.05) is 38.8 Å². The maximum atomic E-state index is 12.9. The van der Waals surface area contributed by atoms with Crippen LogP contribution in [0.1, 0.15) is 40.4 Å². The molecule has 1 aliphatic rings. The molecular formula is C21H28N4O3. The Balaban J connectivity index is 1.60. The lowest BCUT2D eigenvalue weighted by molar-refractivity contribution is 0.0529. The number of carbonyl (C=O) groups is 2. The van der Waals surface area contributed by atoms with E-state index in [0.717, 1.165) is 17.9 Å². The quantitative estimate of drug-likeness (QED) is 0.793. The molecule has 2 aromatic rings. The van der Waals surface area contributed by atoms with Crippen LogP contribution in [0.5, 0.6) is 5.75 Å². The molecule has 1 aromatic carbocycles. The van der Waals surface area contributed by atoms with Crippen LogP contribution in [0.2, 0.25) is 0 Å². The van der Waals surface area contributed by atoms with Crippen LogP contribution in [0.4, 0.5) is 0 Å². The van der Waals surface area contributed by atoms with Crippen LogP contribution in [0.15, 0.2) is 30.3 Å². The second-order valence-corrected chi connectivity index (χ2v) is 7.56. The molecule has 3 rings (SSSR count). The Morgan fingerprint density at radius 3 is 2.14 bits per heavy atom. The highest BCUT2D eigenvalue weighted by Crippen LogP contribution is 2.16. The van der Waals surface area contributed by atoms with Gasteiger partial charge in [-0.1, -0.05) is 13.8 Å². The summed E-state index contributed by atoms with van der Waals surface area (Å²) in [5.41, 5.74) is 2.17. The molecule has 0 aliphatic carbocycles. The standard InChI is InChI=1S/C21H28N4O3/c1-15(2)13-17-14-19(23(3)22-17)21(27)25-11-9-24(10-12-25)20(26)16-5-7-18(28-4)8-6-16/h5-8,14-15H,9-13H2,1-4H3. The number of aryl methyl sites for hydroxylation is 1. The zero-order valence-corrected chi connectivity index (χ0v) is 17.0. The summed E-state index contributed by atoms with van der Waals surface area (Å²) in [4.78, 5) is 29.1. The zero-order valence-electron chi connectivity index (χ0n) is 17.0. The lowest BCUT2D eigenvalue weighted by Crippen LogP contribution is -2.50. The number of rotatable bonds is 5. The van der Waals surface area contributed by atoms with Crippen molar-refractivity contribution >= 4 is 11.8 Å². The smallest absolute Gasteiger partial charge is 0.272 e. The summed E-state index contributed by atoms with van der Waals surface area (Å²) in [6.07, 6.45) is 0.852. The summed E-state index contributed by atoms with van der Waals surface area (Å²) in [6.45, 7) is 6.35. The van der Waals surface area contributed by atoms with Crippen molar-refractivity contribution in [1.29, 1.82) is 0 Å². The normalized spacial score (nSPS) is 14.5. The number of carbonyl (C=O) groups excluding carboxylic acids is 2. The molecule has 2 heterocycles. The Bertz CT molecular complexity index is 834.